The van der Waals surface area contributed by atoms with Gasteiger partial charge in [0.05, 0.1) is 26.3 Å². The summed E-state index contributed by atoms with van der Waals surface area (Å²) in [5.41, 5.74) is 4.26. The summed E-state index contributed by atoms with van der Waals surface area (Å²) in [6.07, 6.45) is 0.812. The lowest BCUT2D eigenvalue weighted by Crippen LogP contribution is -2.34. The molecule has 33 heavy (non-hydrogen) atoms. The second-order valence-corrected chi connectivity index (χ2v) is 7.96. The number of para-hydroxylation sites is 3. The Morgan fingerprint density at radius 1 is 0.788 bits per heavy atom. The van der Waals surface area contributed by atoms with Crippen molar-refractivity contribution in [3.63, 3.8) is 0 Å². The van der Waals surface area contributed by atoms with Crippen LogP contribution in [0.5, 0.6) is 11.5 Å². The van der Waals surface area contributed by atoms with Crippen molar-refractivity contribution >= 4 is 23.1 Å². The summed E-state index contributed by atoms with van der Waals surface area (Å²) in [5, 5.41) is 0. The van der Waals surface area contributed by atoms with Crippen LogP contribution in [-0.4, -0.2) is 37.5 Å². The number of imide groups is 1. The second-order valence-electron chi connectivity index (χ2n) is 7.96. The van der Waals surface area contributed by atoms with Crippen LogP contribution in [0.4, 0.5) is 5.69 Å². The molecular weight excluding hydrogens is 416 g/mol. The van der Waals surface area contributed by atoms with Gasteiger partial charge in [-0.25, -0.2) is 0 Å². The molecule has 5 rings (SSSR count). The Morgan fingerprint density at radius 3 is 2.24 bits per heavy atom. The number of amides is 2. The fourth-order valence-corrected chi connectivity index (χ4v) is 4.63. The molecular formula is C27H24N2O4. The number of ether oxygens (including phenoxy) is 2. The summed E-state index contributed by atoms with van der Waals surface area (Å²) in [6, 6.07) is 22.8. The van der Waals surface area contributed by atoms with Gasteiger partial charge in [0.25, 0.3) is 11.8 Å². The standard InChI is InChI=1S/C27H24N2O4/c1-32-22-13-7-4-10-19(22)17-29-26(30)24(20-11-5-8-14-23(20)33-2)25(27(29)31)28-16-15-18-9-3-6-12-21(18)28/h3-14H,15-17H2,1-2H3. The minimum absolute atomic E-state index is 0.124. The van der Waals surface area contributed by atoms with Gasteiger partial charge in [-0.1, -0.05) is 54.6 Å². The highest BCUT2D eigenvalue weighted by Gasteiger charge is 2.44. The highest BCUT2D eigenvalue weighted by Crippen LogP contribution is 2.41. The van der Waals surface area contributed by atoms with Crippen LogP contribution in [0, 0.1) is 0 Å². The van der Waals surface area contributed by atoms with Crippen molar-refractivity contribution in [2.45, 2.75) is 13.0 Å². The lowest BCUT2D eigenvalue weighted by Gasteiger charge is -2.22. The molecule has 2 heterocycles. The molecule has 0 spiro atoms. The predicted molar refractivity (Wildman–Crippen MR) is 126 cm³/mol. The van der Waals surface area contributed by atoms with Gasteiger partial charge >= 0.3 is 0 Å². The van der Waals surface area contributed by atoms with Crippen LogP contribution in [0.1, 0.15) is 16.7 Å². The van der Waals surface area contributed by atoms with Gasteiger partial charge < -0.3 is 14.4 Å². The van der Waals surface area contributed by atoms with E-state index in [9.17, 15) is 9.59 Å². The normalized spacial score (nSPS) is 15.3. The number of fused-ring (bicyclic) bond motifs is 1. The van der Waals surface area contributed by atoms with Crippen LogP contribution in [0.2, 0.25) is 0 Å². The van der Waals surface area contributed by atoms with Crippen molar-refractivity contribution in [3.8, 4) is 11.5 Å². The predicted octanol–water partition coefficient (Wildman–Crippen LogP) is 4.05. The SMILES string of the molecule is COc1ccccc1CN1C(=O)C(c2ccccc2OC)=C(N2CCc3ccccc32)C1=O. The van der Waals surface area contributed by atoms with E-state index in [1.54, 1.807) is 20.3 Å². The first-order chi connectivity index (χ1) is 16.1. The molecule has 3 aromatic carbocycles. The maximum absolute atomic E-state index is 13.8. The van der Waals surface area contributed by atoms with E-state index in [1.807, 2.05) is 65.6 Å². The number of carbonyl (C=O) groups is 2. The van der Waals surface area contributed by atoms with Gasteiger partial charge in [-0.3, -0.25) is 14.5 Å². The number of hydrogen-bond donors (Lipinski definition) is 0. The number of methoxy groups -OCH3 is 2. The minimum Gasteiger partial charge on any atom is -0.496 e. The third-order valence-electron chi connectivity index (χ3n) is 6.20. The van der Waals surface area contributed by atoms with E-state index >= 15 is 0 Å². The van der Waals surface area contributed by atoms with Gasteiger partial charge in [-0.05, 0) is 30.2 Å². The van der Waals surface area contributed by atoms with Crippen molar-refractivity contribution < 1.29 is 19.1 Å². The highest BCUT2D eigenvalue weighted by atomic mass is 16.5. The van der Waals surface area contributed by atoms with Gasteiger partial charge in [-0.2, -0.15) is 0 Å². The Balaban J connectivity index is 1.64. The van der Waals surface area contributed by atoms with E-state index < -0.39 is 0 Å². The first-order valence-corrected chi connectivity index (χ1v) is 10.8. The zero-order valence-corrected chi connectivity index (χ0v) is 18.6. The molecule has 6 heteroatoms. The molecule has 0 N–H and O–H groups in total. The molecule has 0 saturated carbocycles. The Hall–Kier alpha value is -4.06. The van der Waals surface area contributed by atoms with Gasteiger partial charge in [0.2, 0.25) is 0 Å². The molecule has 0 aromatic heterocycles. The lowest BCUT2D eigenvalue weighted by atomic mass is 10.0. The molecule has 2 aliphatic rings. The molecule has 0 atom stereocenters. The second kappa shape index (κ2) is 8.47. The minimum atomic E-state index is -0.338. The summed E-state index contributed by atoms with van der Waals surface area (Å²) >= 11 is 0. The van der Waals surface area contributed by atoms with Crippen LogP contribution in [-0.2, 0) is 22.6 Å². The van der Waals surface area contributed by atoms with E-state index in [0.717, 1.165) is 23.2 Å². The zero-order chi connectivity index (χ0) is 22.9. The average Bonchev–Trinajstić information content (AvgIpc) is 3.38. The van der Waals surface area contributed by atoms with Crippen LogP contribution >= 0.6 is 0 Å². The third kappa shape index (κ3) is 3.44. The Morgan fingerprint density at radius 2 is 1.45 bits per heavy atom. The summed E-state index contributed by atoms with van der Waals surface area (Å²) in [4.78, 5) is 30.9. The largest absolute Gasteiger partial charge is 0.496 e. The first kappa shape index (κ1) is 20.8. The number of benzene rings is 3. The molecule has 2 amide bonds. The quantitative estimate of drug-likeness (QED) is 0.542. The van der Waals surface area contributed by atoms with Crippen molar-refractivity contribution in [3.05, 3.63) is 95.2 Å². The van der Waals surface area contributed by atoms with Gasteiger partial charge in [0.15, 0.2) is 0 Å². The smallest absolute Gasteiger partial charge is 0.278 e. The van der Waals surface area contributed by atoms with Crippen LogP contribution < -0.4 is 14.4 Å². The lowest BCUT2D eigenvalue weighted by molar-refractivity contribution is -0.137. The molecule has 0 bridgehead atoms. The Kier molecular flexibility index (Phi) is 5.34. The molecule has 3 aromatic rings. The summed E-state index contributed by atoms with van der Waals surface area (Å²) in [5.74, 6) is 0.535. The van der Waals surface area contributed by atoms with E-state index in [2.05, 4.69) is 6.07 Å². The molecule has 6 nitrogen and oxygen atoms in total. The summed E-state index contributed by atoms with van der Waals surface area (Å²) in [6.45, 7) is 0.758. The molecule has 0 radical (unpaired) electrons. The maximum Gasteiger partial charge on any atom is 0.278 e. The molecule has 0 aliphatic carbocycles. The van der Waals surface area contributed by atoms with Crippen molar-refractivity contribution in [2.75, 3.05) is 25.7 Å². The van der Waals surface area contributed by atoms with Gasteiger partial charge in [0.1, 0.15) is 17.2 Å². The van der Waals surface area contributed by atoms with Crippen molar-refractivity contribution in [1.29, 1.82) is 0 Å². The maximum atomic E-state index is 13.8. The fourth-order valence-electron chi connectivity index (χ4n) is 4.63. The van der Waals surface area contributed by atoms with E-state index in [4.69, 9.17) is 9.47 Å². The van der Waals surface area contributed by atoms with E-state index in [1.165, 1.54) is 4.90 Å². The summed E-state index contributed by atoms with van der Waals surface area (Å²) < 4.78 is 11.0. The monoisotopic (exact) mass is 440 g/mol. The number of nitrogens with zero attached hydrogens (tertiary/aromatic N) is 2. The number of rotatable bonds is 6. The highest BCUT2D eigenvalue weighted by molar-refractivity contribution is 6.37. The molecule has 2 aliphatic heterocycles. The van der Waals surface area contributed by atoms with Crippen LogP contribution in [0.25, 0.3) is 5.57 Å². The molecule has 0 saturated heterocycles. The van der Waals surface area contributed by atoms with Gasteiger partial charge in [0, 0.05) is 23.4 Å². The van der Waals surface area contributed by atoms with Gasteiger partial charge in [-0.15, -0.1) is 0 Å². The Labute approximate surface area is 192 Å². The van der Waals surface area contributed by atoms with Crippen LogP contribution in [0.3, 0.4) is 0 Å². The van der Waals surface area contributed by atoms with E-state index in [0.29, 0.717) is 34.9 Å². The molecule has 0 unspecified atom stereocenters. The summed E-state index contributed by atoms with van der Waals surface area (Å²) in [7, 11) is 3.15. The van der Waals surface area contributed by atoms with Crippen molar-refractivity contribution in [2.24, 2.45) is 0 Å². The van der Waals surface area contributed by atoms with Crippen LogP contribution in [0.15, 0.2) is 78.5 Å². The molecule has 166 valence electrons. The Bertz CT molecular complexity index is 1280. The first-order valence-electron chi connectivity index (χ1n) is 10.8. The number of carbonyl (C=O) groups excluding carboxylic acids is 2. The number of hydrogen-bond acceptors (Lipinski definition) is 5. The van der Waals surface area contributed by atoms with E-state index in [-0.39, 0.29) is 18.4 Å². The zero-order valence-electron chi connectivity index (χ0n) is 18.6. The fraction of sp³-hybridized carbons (Fsp3) is 0.185. The number of anilines is 1. The average molecular weight is 440 g/mol. The molecule has 0 fully saturated rings. The third-order valence-corrected chi connectivity index (χ3v) is 6.20. The van der Waals surface area contributed by atoms with Crippen molar-refractivity contribution in [1.82, 2.24) is 4.90 Å². The topological polar surface area (TPSA) is 59.1 Å².